The third-order valence-electron chi connectivity index (χ3n) is 3.22. The van der Waals surface area contributed by atoms with E-state index in [0.717, 1.165) is 5.56 Å². The van der Waals surface area contributed by atoms with E-state index in [1.807, 2.05) is 18.2 Å². The molecule has 1 N–H and O–H groups in total. The Labute approximate surface area is 123 Å². The second-order valence-corrected chi connectivity index (χ2v) is 5.08. The molecule has 4 heteroatoms. The average molecular weight is 287 g/mol. The van der Waals surface area contributed by atoms with Crippen LogP contribution in [0.1, 0.15) is 35.7 Å². The van der Waals surface area contributed by atoms with Gasteiger partial charge in [-0.3, -0.25) is 4.79 Å². The first-order chi connectivity index (χ1) is 10.0. The van der Waals surface area contributed by atoms with Crippen molar-refractivity contribution in [3.05, 3.63) is 59.4 Å². The van der Waals surface area contributed by atoms with Gasteiger partial charge in [-0.2, -0.15) is 0 Å². The van der Waals surface area contributed by atoms with Gasteiger partial charge in [-0.05, 0) is 41.8 Å². The highest BCUT2D eigenvalue weighted by Crippen LogP contribution is 2.22. The number of methoxy groups -OCH3 is 1. The van der Waals surface area contributed by atoms with E-state index in [0.29, 0.717) is 17.4 Å². The van der Waals surface area contributed by atoms with Crippen molar-refractivity contribution in [1.29, 1.82) is 0 Å². The zero-order valence-corrected chi connectivity index (χ0v) is 12.3. The molecule has 2 rings (SSSR count). The zero-order valence-electron chi connectivity index (χ0n) is 12.3. The Hall–Kier alpha value is -2.36. The number of benzene rings is 2. The van der Waals surface area contributed by atoms with Crippen LogP contribution in [0.25, 0.3) is 0 Å². The second kappa shape index (κ2) is 6.39. The molecule has 0 bridgehead atoms. The number of ether oxygens (including phenoxy) is 1. The Morgan fingerprint density at radius 3 is 2.62 bits per heavy atom. The number of anilines is 1. The first-order valence-corrected chi connectivity index (χ1v) is 6.76. The molecule has 0 aliphatic heterocycles. The van der Waals surface area contributed by atoms with E-state index in [9.17, 15) is 9.18 Å². The smallest absolute Gasteiger partial charge is 0.259 e. The fourth-order valence-electron chi connectivity index (χ4n) is 2.03. The number of nitrogens with one attached hydrogen (secondary N) is 1. The Bertz CT molecular complexity index is 653. The normalized spacial score (nSPS) is 10.5. The van der Waals surface area contributed by atoms with Gasteiger partial charge >= 0.3 is 0 Å². The standard InChI is InChI=1S/C17H18FNO2/c1-11(2)12-5-4-6-14(9-12)19-17(20)15-10-13(18)7-8-16(15)21-3/h4-11H,1-3H3,(H,19,20). The van der Waals surface area contributed by atoms with Gasteiger partial charge in [-0.15, -0.1) is 0 Å². The third kappa shape index (κ3) is 3.60. The Morgan fingerprint density at radius 1 is 1.19 bits per heavy atom. The molecule has 0 aliphatic rings. The minimum Gasteiger partial charge on any atom is -0.496 e. The maximum Gasteiger partial charge on any atom is 0.259 e. The highest BCUT2D eigenvalue weighted by Gasteiger charge is 2.14. The molecule has 0 unspecified atom stereocenters. The van der Waals surface area contributed by atoms with Gasteiger partial charge < -0.3 is 10.1 Å². The van der Waals surface area contributed by atoms with Crippen LogP contribution in [0.15, 0.2) is 42.5 Å². The van der Waals surface area contributed by atoms with Gasteiger partial charge in [0.05, 0.1) is 12.7 Å². The van der Waals surface area contributed by atoms with Crippen LogP contribution in [0.5, 0.6) is 5.75 Å². The number of amides is 1. The number of hydrogen-bond acceptors (Lipinski definition) is 2. The molecule has 0 aromatic heterocycles. The van der Waals surface area contributed by atoms with Crippen LogP contribution in [0, 0.1) is 5.82 Å². The minimum absolute atomic E-state index is 0.174. The lowest BCUT2D eigenvalue weighted by Gasteiger charge is -2.11. The largest absolute Gasteiger partial charge is 0.496 e. The molecule has 0 fully saturated rings. The molecule has 0 atom stereocenters. The molecule has 2 aromatic rings. The number of carbonyl (C=O) groups is 1. The van der Waals surface area contributed by atoms with Crippen LogP contribution in [0.2, 0.25) is 0 Å². The first kappa shape index (κ1) is 15.0. The summed E-state index contributed by atoms with van der Waals surface area (Å²) in [5, 5.41) is 2.77. The lowest BCUT2D eigenvalue weighted by molar-refractivity contribution is 0.102. The Balaban J connectivity index is 2.26. The summed E-state index contributed by atoms with van der Waals surface area (Å²) in [6.07, 6.45) is 0. The van der Waals surface area contributed by atoms with Gasteiger partial charge in [0.1, 0.15) is 11.6 Å². The van der Waals surface area contributed by atoms with Gasteiger partial charge in [-0.25, -0.2) is 4.39 Å². The van der Waals surface area contributed by atoms with Crippen LogP contribution in [0.4, 0.5) is 10.1 Å². The minimum atomic E-state index is -0.475. The van der Waals surface area contributed by atoms with Gasteiger partial charge in [0.15, 0.2) is 0 Å². The highest BCUT2D eigenvalue weighted by molar-refractivity contribution is 6.06. The summed E-state index contributed by atoms with van der Waals surface area (Å²) in [5.74, 6) is -0.163. The lowest BCUT2D eigenvalue weighted by Crippen LogP contribution is -2.13. The molecule has 3 nitrogen and oxygen atoms in total. The van der Waals surface area contributed by atoms with E-state index >= 15 is 0 Å². The summed E-state index contributed by atoms with van der Waals surface area (Å²) in [5.41, 5.74) is 1.98. The monoisotopic (exact) mass is 287 g/mol. The Kier molecular flexibility index (Phi) is 4.58. The van der Waals surface area contributed by atoms with E-state index in [4.69, 9.17) is 4.74 Å². The number of hydrogen-bond donors (Lipinski definition) is 1. The van der Waals surface area contributed by atoms with Crippen molar-refractivity contribution in [3.8, 4) is 5.75 Å². The lowest BCUT2D eigenvalue weighted by atomic mass is 10.0. The fraction of sp³-hybridized carbons (Fsp3) is 0.235. The van der Waals surface area contributed by atoms with E-state index in [1.54, 1.807) is 6.07 Å². The molecule has 0 spiro atoms. The summed E-state index contributed by atoms with van der Waals surface area (Å²) in [7, 11) is 1.45. The van der Waals surface area contributed by atoms with Crippen LogP contribution in [-0.2, 0) is 0 Å². The zero-order chi connectivity index (χ0) is 15.4. The summed E-state index contributed by atoms with van der Waals surface area (Å²) in [6, 6.07) is 11.5. The van der Waals surface area contributed by atoms with Crippen molar-refractivity contribution in [2.45, 2.75) is 19.8 Å². The van der Waals surface area contributed by atoms with E-state index in [2.05, 4.69) is 19.2 Å². The molecule has 0 aliphatic carbocycles. The molecule has 0 radical (unpaired) electrons. The molecule has 0 saturated heterocycles. The first-order valence-electron chi connectivity index (χ1n) is 6.76. The van der Waals surface area contributed by atoms with Crippen molar-refractivity contribution < 1.29 is 13.9 Å². The fourth-order valence-corrected chi connectivity index (χ4v) is 2.03. The molecular weight excluding hydrogens is 269 g/mol. The van der Waals surface area contributed by atoms with E-state index in [1.165, 1.54) is 25.3 Å². The topological polar surface area (TPSA) is 38.3 Å². The Morgan fingerprint density at radius 2 is 1.95 bits per heavy atom. The van der Waals surface area contributed by atoms with Crippen molar-refractivity contribution in [2.24, 2.45) is 0 Å². The summed E-state index contributed by atoms with van der Waals surface area (Å²) >= 11 is 0. The van der Waals surface area contributed by atoms with Gasteiger partial charge in [-0.1, -0.05) is 26.0 Å². The number of rotatable bonds is 4. The maximum atomic E-state index is 13.3. The summed E-state index contributed by atoms with van der Waals surface area (Å²) in [4.78, 5) is 12.3. The second-order valence-electron chi connectivity index (χ2n) is 5.08. The van der Waals surface area contributed by atoms with Crippen molar-refractivity contribution in [1.82, 2.24) is 0 Å². The molecule has 2 aromatic carbocycles. The number of carbonyl (C=O) groups excluding carboxylic acids is 1. The van der Waals surface area contributed by atoms with E-state index < -0.39 is 11.7 Å². The molecule has 21 heavy (non-hydrogen) atoms. The van der Waals surface area contributed by atoms with Crippen LogP contribution < -0.4 is 10.1 Å². The third-order valence-corrected chi connectivity index (χ3v) is 3.22. The van der Waals surface area contributed by atoms with Crippen LogP contribution >= 0.6 is 0 Å². The predicted octanol–water partition coefficient (Wildman–Crippen LogP) is 4.21. The molecular formula is C17H18FNO2. The number of halogens is 1. The predicted molar refractivity (Wildman–Crippen MR) is 81.4 cm³/mol. The molecule has 0 heterocycles. The van der Waals surface area contributed by atoms with E-state index in [-0.39, 0.29) is 5.56 Å². The van der Waals surface area contributed by atoms with Crippen molar-refractivity contribution in [3.63, 3.8) is 0 Å². The molecule has 0 saturated carbocycles. The SMILES string of the molecule is COc1ccc(F)cc1C(=O)Nc1cccc(C(C)C)c1. The van der Waals surface area contributed by atoms with Crippen LogP contribution in [-0.4, -0.2) is 13.0 Å². The van der Waals surface area contributed by atoms with Gasteiger partial charge in [0, 0.05) is 5.69 Å². The van der Waals surface area contributed by atoms with Crippen LogP contribution in [0.3, 0.4) is 0 Å². The summed E-state index contributed by atoms with van der Waals surface area (Å²) < 4.78 is 18.4. The summed E-state index contributed by atoms with van der Waals surface area (Å²) in [6.45, 7) is 4.16. The highest BCUT2D eigenvalue weighted by atomic mass is 19.1. The molecule has 1 amide bonds. The van der Waals surface area contributed by atoms with Gasteiger partial charge in [0.25, 0.3) is 5.91 Å². The molecule has 110 valence electrons. The average Bonchev–Trinajstić information content (AvgIpc) is 2.47. The van der Waals surface area contributed by atoms with Crippen molar-refractivity contribution in [2.75, 3.05) is 12.4 Å². The van der Waals surface area contributed by atoms with Crippen molar-refractivity contribution >= 4 is 11.6 Å². The van der Waals surface area contributed by atoms with Gasteiger partial charge in [0.2, 0.25) is 0 Å². The maximum absolute atomic E-state index is 13.3. The quantitative estimate of drug-likeness (QED) is 0.914.